The van der Waals surface area contributed by atoms with Gasteiger partial charge >= 0.3 is 0 Å². The number of hydrogen-bond donors (Lipinski definition) is 0. The summed E-state index contributed by atoms with van der Waals surface area (Å²) in [5.41, 5.74) is 1.37. The summed E-state index contributed by atoms with van der Waals surface area (Å²) in [6.07, 6.45) is 18.7. The standard InChI is InChI=1S/C19H32N2O/c1-18(14-16-21-22-2)11-8-6-4-3-5-7-9-12-19-13-10-15-20-17-19/h10,13,15-18H,3-9,11-12,14H2,1-2H3. The van der Waals surface area contributed by atoms with Gasteiger partial charge in [-0.15, -0.1) is 0 Å². The lowest BCUT2D eigenvalue weighted by Gasteiger charge is -2.07. The zero-order chi connectivity index (χ0) is 15.9. The first-order valence-electron chi connectivity index (χ1n) is 8.77. The Morgan fingerprint density at radius 3 is 2.55 bits per heavy atom. The maximum absolute atomic E-state index is 4.68. The lowest BCUT2D eigenvalue weighted by Crippen LogP contribution is -1.95. The van der Waals surface area contributed by atoms with Crippen LogP contribution in [-0.2, 0) is 11.3 Å². The first kappa shape index (κ1) is 18.7. The largest absolute Gasteiger partial charge is 0.399 e. The molecule has 0 fully saturated rings. The molecule has 0 amide bonds. The van der Waals surface area contributed by atoms with Crippen LogP contribution >= 0.6 is 0 Å². The summed E-state index contributed by atoms with van der Waals surface area (Å²) in [6.45, 7) is 2.29. The van der Waals surface area contributed by atoms with Crippen molar-refractivity contribution in [3.8, 4) is 0 Å². The zero-order valence-corrected chi connectivity index (χ0v) is 14.3. The molecule has 1 heterocycles. The molecular weight excluding hydrogens is 272 g/mol. The lowest BCUT2D eigenvalue weighted by molar-refractivity contribution is 0.214. The van der Waals surface area contributed by atoms with Gasteiger partial charge in [-0.1, -0.05) is 63.1 Å². The van der Waals surface area contributed by atoms with Crippen molar-refractivity contribution in [3.05, 3.63) is 30.1 Å². The van der Waals surface area contributed by atoms with E-state index in [0.717, 1.165) is 12.3 Å². The molecule has 1 unspecified atom stereocenters. The fourth-order valence-electron chi connectivity index (χ4n) is 2.67. The van der Waals surface area contributed by atoms with E-state index in [0.29, 0.717) is 0 Å². The minimum Gasteiger partial charge on any atom is -0.399 e. The fraction of sp³-hybridized carbons (Fsp3) is 0.684. The second-order valence-corrected chi connectivity index (χ2v) is 6.19. The van der Waals surface area contributed by atoms with E-state index in [1.165, 1.54) is 63.4 Å². The molecule has 1 rings (SSSR count). The van der Waals surface area contributed by atoms with Crippen LogP contribution < -0.4 is 0 Å². The molecule has 0 bridgehead atoms. The Morgan fingerprint density at radius 2 is 1.86 bits per heavy atom. The van der Waals surface area contributed by atoms with E-state index in [9.17, 15) is 0 Å². The number of unbranched alkanes of at least 4 members (excludes halogenated alkanes) is 6. The minimum absolute atomic E-state index is 0.721. The molecule has 1 aromatic rings. The van der Waals surface area contributed by atoms with Crippen molar-refractivity contribution in [1.82, 2.24) is 4.98 Å². The Hall–Kier alpha value is -1.38. The quantitative estimate of drug-likeness (QED) is 0.278. The zero-order valence-electron chi connectivity index (χ0n) is 14.3. The van der Waals surface area contributed by atoms with Gasteiger partial charge in [0.1, 0.15) is 7.11 Å². The molecule has 0 saturated heterocycles. The number of oxime groups is 1. The van der Waals surface area contributed by atoms with Crippen molar-refractivity contribution >= 4 is 6.21 Å². The van der Waals surface area contributed by atoms with Gasteiger partial charge in [-0.05, 0) is 36.8 Å². The molecule has 3 nitrogen and oxygen atoms in total. The highest BCUT2D eigenvalue weighted by Gasteiger charge is 2.00. The molecule has 124 valence electrons. The maximum Gasteiger partial charge on any atom is 0.106 e. The molecule has 0 N–H and O–H groups in total. The molecule has 0 aromatic carbocycles. The predicted molar refractivity (Wildman–Crippen MR) is 94.2 cm³/mol. The highest BCUT2D eigenvalue weighted by Crippen LogP contribution is 2.14. The molecule has 3 heteroatoms. The van der Waals surface area contributed by atoms with Crippen LogP contribution in [0, 0.1) is 5.92 Å². The lowest BCUT2D eigenvalue weighted by atomic mass is 9.99. The van der Waals surface area contributed by atoms with E-state index in [1.807, 2.05) is 24.7 Å². The molecule has 0 saturated carbocycles. The number of pyridine rings is 1. The van der Waals surface area contributed by atoms with Gasteiger partial charge in [-0.3, -0.25) is 4.98 Å². The summed E-state index contributed by atoms with van der Waals surface area (Å²) in [5, 5.41) is 3.79. The Balaban J connectivity index is 1.84. The molecule has 1 atom stereocenters. The molecule has 0 aliphatic rings. The number of rotatable bonds is 13. The highest BCUT2D eigenvalue weighted by atomic mass is 16.6. The predicted octanol–water partition coefficient (Wildman–Crippen LogP) is 5.40. The normalized spacial score (nSPS) is 12.6. The Morgan fingerprint density at radius 1 is 1.14 bits per heavy atom. The van der Waals surface area contributed by atoms with Crippen molar-refractivity contribution in [2.75, 3.05) is 7.11 Å². The third kappa shape index (κ3) is 10.4. The average molecular weight is 304 g/mol. The van der Waals surface area contributed by atoms with Gasteiger partial charge in [0.05, 0.1) is 0 Å². The summed E-state index contributed by atoms with van der Waals surface area (Å²) in [5.74, 6) is 0.721. The van der Waals surface area contributed by atoms with Gasteiger partial charge in [-0.2, -0.15) is 0 Å². The summed E-state index contributed by atoms with van der Waals surface area (Å²) in [6, 6.07) is 4.20. The van der Waals surface area contributed by atoms with E-state index in [1.54, 1.807) is 7.11 Å². The van der Waals surface area contributed by atoms with Crippen LogP contribution in [-0.4, -0.2) is 18.3 Å². The van der Waals surface area contributed by atoms with Gasteiger partial charge in [0.25, 0.3) is 0 Å². The van der Waals surface area contributed by atoms with Crippen LogP contribution in [0.3, 0.4) is 0 Å². The van der Waals surface area contributed by atoms with E-state index in [-0.39, 0.29) is 0 Å². The minimum atomic E-state index is 0.721. The van der Waals surface area contributed by atoms with E-state index < -0.39 is 0 Å². The van der Waals surface area contributed by atoms with Gasteiger partial charge < -0.3 is 4.84 Å². The molecular formula is C19H32N2O. The third-order valence-corrected chi connectivity index (χ3v) is 4.07. The van der Waals surface area contributed by atoms with Crippen molar-refractivity contribution in [3.63, 3.8) is 0 Å². The molecule has 0 spiro atoms. The Kier molecular flexibility index (Phi) is 11.3. The van der Waals surface area contributed by atoms with Gasteiger partial charge in [0.2, 0.25) is 0 Å². The summed E-state index contributed by atoms with van der Waals surface area (Å²) in [4.78, 5) is 8.83. The molecule has 0 aliphatic carbocycles. The number of aryl methyl sites for hydroxylation is 1. The van der Waals surface area contributed by atoms with Crippen molar-refractivity contribution in [2.45, 2.75) is 71.1 Å². The van der Waals surface area contributed by atoms with E-state index >= 15 is 0 Å². The SMILES string of the molecule is CON=CCC(C)CCCCCCCCCc1cccnc1. The van der Waals surface area contributed by atoms with E-state index in [2.05, 4.69) is 28.0 Å². The van der Waals surface area contributed by atoms with Crippen LogP contribution in [0.1, 0.15) is 70.3 Å². The average Bonchev–Trinajstić information content (AvgIpc) is 2.54. The summed E-state index contributed by atoms with van der Waals surface area (Å²) < 4.78 is 0. The maximum atomic E-state index is 4.68. The fourth-order valence-corrected chi connectivity index (χ4v) is 2.67. The second kappa shape index (κ2) is 13.3. The van der Waals surface area contributed by atoms with Crippen LogP contribution in [0.15, 0.2) is 29.7 Å². The first-order valence-corrected chi connectivity index (χ1v) is 8.77. The van der Waals surface area contributed by atoms with Crippen molar-refractivity contribution < 1.29 is 4.84 Å². The smallest absolute Gasteiger partial charge is 0.106 e. The molecule has 0 aliphatic heterocycles. The third-order valence-electron chi connectivity index (χ3n) is 4.07. The van der Waals surface area contributed by atoms with Gasteiger partial charge in [-0.25, -0.2) is 0 Å². The van der Waals surface area contributed by atoms with Crippen molar-refractivity contribution in [1.29, 1.82) is 0 Å². The highest BCUT2D eigenvalue weighted by molar-refractivity contribution is 5.56. The number of aromatic nitrogens is 1. The Bertz CT molecular complexity index is 378. The van der Waals surface area contributed by atoms with Crippen LogP contribution in [0.25, 0.3) is 0 Å². The monoisotopic (exact) mass is 304 g/mol. The summed E-state index contributed by atoms with van der Waals surface area (Å²) in [7, 11) is 1.60. The van der Waals surface area contributed by atoms with Crippen LogP contribution in [0.4, 0.5) is 0 Å². The first-order chi connectivity index (χ1) is 10.8. The van der Waals surface area contributed by atoms with Gasteiger partial charge in [0, 0.05) is 18.6 Å². The van der Waals surface area contributed by atoms with Crippen LogP contribution in [0.5, 0.6) is 0 Å². The summed E-state index contributed by atoms with van der Waals surface area (Å²) >= 11 is 0. The Labute approximate surface area is 136 Å². The topological polar surface area (TPSA) is 34.5 Å². The molecule has 22 heavy (non-hydrogen) atoms. The van der Waals surface area contributed by atoms with Gasteiger partial charge in [0.15, 0.2) is 0 Å². The van der Waals surface area contributed by atoms with Crippen LogP contribution in [0.2, 0.25) is 0 Å². The molecule has 0 radical (unpaired) electrons. The van der Waals surface area contributed by atoms with Crippen molar-refractivity contribution in [2.24, 2.45) is 11.1 Å². The number of nitrogens with zero attached hydrogens (tertiary/aromatic N) is 2. The second-order valence-electron chi connectivity index (χ2n) is 6.19. The van der Waals surface area contributed by atoms with E-state index in [4.69, 9.17) is 0 Å². The molecule has 1 aromatic heterocycles. The number of hydrogen-bond acceptors (Lipinski definition) is 3.